The second-order valence-corrected chi connectivity index (χ2v) is 10.8. The summed E-state index contributed by atoms with van der Waals surface area (Å²) in [5, 5.41) is 0. The van der Waals surface area contributed by atoms with E-state index < -0.39 is 0 Å². The van der Waals surface area contributed by atoms with Crippen LogP contribution in [0, 0.1) is 0 Å². The van der Waals surface area contributed by atoms with Crippen LogP contribution in [0.2, 0.25) is 0 Å². The Kier molecular flexibility index (Phi) is 17.8. The van der Waals surface area contributed by atoms with E-state index in [1.54, 1.807) is 23.5 Å². The van der Waals surface area contributed by atoms with Crippen LogP contribution in [0.5, 0.6) is 0 Å². The van der Waals surface area contributed by atoms with Gasteiger partial charge in [0.25, 0.3) is 0 Å². The van der Waals surface area contributed by atoms with Gasteiger partial charge in [-0.3, -0.25) is 0 Å². The van der Waals surface area contributed by atoms with E-state index >= 15 is 0 Å². The topological polar surface area (TPSA) is 18.5 Å². The Hall–Kier alpha value is -1.94. The largest absolute Gasteiger partial charge is 0.474 e. The summed E-state index contributed by atoms with van der Waals surface area (Å²) >= 11 is 19.9. The lowest BCUT2D eigenvalue weighted by molar-refractivity contribution is 0.310. The molecule has 0 aliphatic heterocycles. The molecular formula is C30H30O2S6. The molecule has 4 aromatic carbocycles. The molecule has 8 heteroatoms. The average molecular weight is 615 g/mol. The standard InChI is InChI=1S/2C15H14OS2.H2S2/c2*17-15(16-11-13-7-3-1-4-8-13)18-12-14-9-5-2-6-10-14;1-2/h2*1-10H,11-12H2;1-2H. The highest BCUT2D eigenvalue weighted by molar-refractivity contribution is 8.59. The van der Waals surface area contributed by atoms with Crippen molar-refractivity contribution in [2.24, 2.45) is 0 Å². The van der Waals surface area contributed by atoms with E-state index in [0.29, 0.717) is 22.0 Å². The summed E-state index contributed by atoms with van der Waals surface area (Å²) < 4.78 is 12.3. The predicted octanol–water partition coefficient (Wildman–Crippen LogP) is 9.60. The van der Waals surface area contributed by atoms with Gasteiger partial charge in [-0.2, -0.15) is 0 Å². The molecule has 0 aliphatic carbocycles. The molecule has 0 amide bonds. The molecule has 0 unspecified atom stereocenters. The number of thioether (sulfide) groups is 2. The molecule has 0 aliphatic rings. The molecule has 4 rings (SSSR count). The minimum absolute atomic E-state index is 0.543. The van der Waals surface area contributed by atoms with Crippen molar-refractivity contribution in [3.63, 3.8) is 0 Å². The molecule has 0 aromatic heterocycles. The molecule has 4 aromatic rings. The Morgan fingerprint density at radius 1 is 0.474 bits per heavy atom. The number of rotatable bonds is 8. The van der Waals surface area contributed by atoms with E-state index in [9.17, 15) is 0 Å². The van der Waals surface area contributed by atoms with Crippen LogP contribution in [0.15, 0.2) is 121 Å². The minimum Gasteiger partial charge on any atom is -0.474 e. The van der Waals surface area contributed by atoms with Gasteiger partial charge < -0.3 is 9.47 Å². The van der Waals surface area contributed by atoms with Crippen molar-refractivity contribution in [2.75, 3.05) is 0 Å². The third-order valence-electron chi connectivity index (χ3n) is 4.80. The Morgan fingerprint density at radius 3 is 1.03 bits per heavy atom. The van der Waals surface area contributed by atoms with Gasteiger partial charge in [0.1, 0.15) is 13.2 Å². The second kappa shape index (κ2) is 21.0. The maximum atomic E-state index is 5.54. The zero-order valence-electron chi connectivity index (χ0n) is 20.7. The van der Waals surface area contributed by atoms with Crippen molar-refractivity contribution in [3.05, 3.63) is 144 Å². The number of ether oxygens (including phenoxy) is 2. The van der Waals surface area contributed by atoms with Gasteiger partial charge in [0.15, 0.2) is 0 Å². The van der Waals surface area contributed by atoms with Crippen LogP contribution < -0.4 is 0 Å². The highest BCUT2D eigenvalue weighted by atomic mass is 33.1. The van der Waals surface area contributed by atoms with Crippen molar-refractivity contribution in [1.29, 1.82) is 0 Å². The smallest absolute Gasteiger partial charge is 0.220 e. The number of thiol groups is 2. The molecule has 0 atom stereocenters. The molecule has 198 valence electrons. The first-order chi connectivity index (χ1) is 18.7. The van der Waals surface area contributed by atoms with Gasteiger partial charge in [0.2, 0.25) is 8.77 Å². The molecular weight excluding hydrogens is 585 g/mol. The fourth-order valence-electron chi connectivity index (χ4n) is 2.95. The molecule has 0 saturated heterocycles. The summed E-state index contributed by atoms with van der Waals surface area (Å²) in [4.78, 5) is 0. The first-order valence-electron chi connectivity index (χ1n) is 11.6. The van der Waals surface area contributed by atoms with Crippen molar-refractivity contribution in [3.8, 4) is 0 Å². The monoisotopic (exact) mass is 614 g/mol. The van der Waals surface area contributed by atoms with E-state index in [1.165, 1.54) is 11.1 Å². The lowest BCUT2D eigenvalue weighted by atomic mass is 10.2. The van der Waals surface area contributed by atoms with Crippen molar-refractivity contribution in [2.45, 2.75) is 24.7 Å². The van der Waals surface area contributed by atoms with Crippen LogP contribution in [-0.4, -0.2) is 8.77 Å². The highest BCUT2D eigenvalue weighted by Crippen LogP contribution is 2.17. The SMILES string of the molecule is S=C(OCc1ccccc1)SCc1ccccc1.S=C(OCc1ccccc1)SCc1ccccc1.SS. The normalized spacial score (nSPS) is 9.63. The second-order valence-electron chi connectivity index (χ2n) is 7.60. The van der Waals surface area contributed by atoms with Crippen molar-refractivity contribution >= 4 is 80.0 Å². The lowest BCUT2D eigenvalue weighted by Gasteiger charge is -2.07. The molecule has 38 heavy (non-hydrogen) atoms. The summed E-state index contributed by atoms with van der Waals surface area (Å²) in [6.07, 6.45) is 0. The highest BCUT2D eigenvalue weighted by Gasteiger charge is 2.02. The number of hydrogen-bond donors (Lipinski definition) is 2. The van der Waals surface area contributed by atoms with Gasteiger partial charge in [-0.1, -0.05) is 145 Å². The molecule has 0 bridgehead atoms. The molecule has 0 heterocycles. The Bertz CT molecular complexity index is 975. The zero-order chi connectivity index (χ0) is 27.3. The molecule has 0 saturated carbocycles. The predicted molar refractivity (Wildman–Crippen MR) is 181 cm³/mol. The molecule has 0 spiro atoms. The van der Waals surface area contributed by atoms with E-state index in [2.05, 4.69) is 47.6 Å². The van der Waals surface area contributed by atoms with Crippen LogP contribution in [-0.2, 0) is 34.2 Å². The summed E-state index contributed by atoms with van der Waals surface area (Å²) in [5.41, 5.74) is 4.79. The zero-order valence-corrected chi connectivity index (χ0v) is 25.8. The number of thiocarbonyl (C=S) groups is 2. The fraction of sp³-hybridized carbons (Fsp3) is 0.133. The third kappa shape index (κ3) is 14.9. The van der Waals surface area contributed by atoms with Gasteiger partial charge in [-0.15, -0.1) is 23.3 Å². The maximum absolute atomic E-state index is 5.54. The lowest BCUT2D eigenvalue weighted by Crippen LogP contribution is -1.98. The first kappa shape index (κ1) is 32.3. The van der Waals surface area contributed by atoms with Gasteiger partial charge in [0, 0.05) is 11.5 Å². The number of hydrogen-bond acceptors (Lipinski definition) is 8. The van der Waals surface area contributed by atoms with Gasteiger partial charge in [-0.25, -0.2) is 0 Å². The summed E-state index contributed by atoms with van der Waals surface area (Å²) in [7, 11) is 0. The molecule has 2 nitrogen and oxygen atoms in total. The Morgan fingerprint density at radius 2 is 0.737 bits per heavy atom. The van der Waals surface area contributed by atoms with E-state index in [0.717, 1.165) is 22.6 Å². The van der Waals surface area contributed by atoms with Crippen LogP contribution in [0.4, 0.5) is 0 Å². The molecule has 0 N–H and O–H groups in total. The molecule has 0 fully saturated rings. The summed E-state index contributed by atoms with van der Waals surface area (Å²) in [6, 6.07) is 40.6. The quantitative estimate of drug-likeness (QED) is 0.116. The molecule has 0 radical (unpaired) electrons. The van der Waals surface area contributed by atoms with Crippen molar-refractivity contribution in [1.82, 2.24) is 0 Å². The Balaban J connectivity index is 0.000000251. The summed E-state index contributed by atoms with van der Waals surface area (Å²) in [5.74, 6) is 1.71. The van der Waals surface area contributed by atoms with Crippen LogP contribution >= 0.6 is 71.3 Å². The van der Waals surface area contributed by atoms with Crippen LogP contribution in [0.25, 0.3) is 0 Å². The number of benzene rings is 4. The summed E-state index contributed by atoms with van der Waals surface area (Å²) in [6.45, 7) is 1.09. The van der Waals surface area contributed by atoms with Crippen LogP contribution in [0.3, 0.4) is 0 Å². The maximum Gasteiger partial charge on any atom is 0.220 e. The average Bonchev–Trinajstić information content (AvgIpc) is 3.00. The minimum atomic E-state index is 0.543. The van der Waals surface area contributed by atoms with E-state index in [1.807, 2.05) is 97.1 Å². The van der Waals surface area contributed by atoms with Crippen molar-refractivity contribution < 1.29 is 9.47 Å². The Labute approximate surface area is 256 Å². The third-order valence-corrected chi connectivity index (χ3v) is 7.40. The van der Waals surface area contributed by atoms with Gasteiger partial charge in [0.05, 0.1) is 0 Å². The van der Waals surface area contributed by atoms with E-state index in [4.69, 9.17) is 33.9 Å². The fourth-order valence-corrected chi connectivity index (χ4v) is 4.66. The van der Waals surface area contributed by atoms with Gasteiger partial charge in [-0.05, 0) is 46.7 Å². The van der Waals surface area contributed by atoms with Crippen LogP contribution in [0.1, 0.15) is 22.3 Å². The van der Waals surface area contributed by atoms with E-state index in [-0.39, 0.29) is 0 Å². The first-order valence-corrected chi connectivity index (χ1v) is 16.0. The van der Waals surface area contributed by atoms with Gasteiger partial charge >= 0.3 is 0 Å².